The van der Waals surface area contributed by atoms with E-state index in [0.29, 0.717) is 16.5 Å². The Morgan fingerprint density at radius 1 is 0.951 bits per heavy atom. The highest BCUT2D eigenvalue weighted by molar-refractivity contribution is 6.20. The predicted molar refractivity (Wildman–Crippen MR) is 165 cm³/mol. The van der Waals surface area contributed by atoms with Gasteiger partial charge in [0.05, 0.1) is 33.3 Å². The second-order valence-electron chi connectivity index (χ2n) is 11.4. The van der Waals surface area contributed by atoms with Gasteiger partial charge in [-0.15, -0.1) is 0 Å². The van der Waals surface area contributed by atoms with Gasteiger partial charge >= 0.3 is 0 Å². The smallest absolute Gasteiger partial charge is 0.265 e. The maximum atomic E-state index is 13.5. The first-order chi connectivity index (χ1) is 19.5. The summed E-state index contributed by atoms with van der Waals surface area (Å²) in [5, 5.41) is 13.2. The Balaban J connectivity index is 1.70. The van der Waals surface area contributed by atoms with Crippen LogP contribution in [0.15, 0.2) is 83.9 Å². The molecule has 206 valence electrons. The molecule has 6 rings (SSSR count). The normalized spacial score (nSPS) is 12.2. The summed E-state index contributed by atoms with van der Waals surface area (Å²) in [4.78, 5) is 30.7. The summed E-state index contributed by atoms with van der Waals surface area (Å²) < 4.78 is 3.71. The van der Waals surface area contributed by atoms with Gasteiger partial charge in [0, 0.05) is 22.3 Å². The van der Waals surface area contributed by atoms with Crippen LogP contribution in [0.1, 0.15) is 55.2 Å². The van der Waals surface area contributed by atoms with Crippen molar-refractivity contribution in [3.63, 3.8) is 0 Å². The van der Waals surface area contributed by atoms with Crippen LogP contribution in [0.3, 0.4) is 0 Å². The van der Waals surface area contributed by atoms with Crippen LogP contribution in [0.5, 0.6) is 0 Å². The number of nitrogens with zero attached hydrogens (tertiary/aromatic N) is 3. The molecule has 0 aliphatic rings. The van der Waals surface area contributed by atoms with Crippen LogP contribution >= 0.6 is 0 Å². The number of hydrogen-bond acceptors (Lipinski definition) is 4. The molecule has 6 aromatic rings. The monoisotopic (exact) mass is 544 g/mol. The average molecular weight is 545 g/mol. The van der Waals surface area contributed by atoms with Crippen LogP contribution in [-0.2, 0) is 5.60 Å². The van der Waals surface area contributed by atoms with Gasteiger partial charge in [0.1, 0.15) is 6.33 Å². The molecule has 0 aliphatic carbocycles. The number of rotatable bonds is 5. The molecule has 7 nitrogen and oxygen atoms in total. The van der Waals surface area contributed by atoms with Gasteiger partial charge in [0.15, 0.2) is 0 Å². The highest BCUT2D eigenvalue weighted by Crippen LogP contribution is 2.42. The minimum Gasteiger partial charge on any atom is -0.386 e. The molecule has 41 heavy (non-hydrogen) atoms. The fourth-order valence-corrected chi connectivity index (χ4v) is 5.93. The van der Waals surface area contributed by atoms with E-state index < -0.39 is 11.5 Å². The largest absolute Gasteiger partial charge is 0.386 e. The molecular weight excluding hydrogens is 512 g/mol. The predicted octanol–water partition coefficient (Wildman–Crippen LogP) is 6.38. The lowest BCUT2D eigenvalue weighted by Crippen LogP contribution is -2.19. The lowest BCUT2D eigenvalue weighted by molar-refractivity contribution is 0.0787. The van der Waals surface area contributed by atoms with Crippen LogP contribution in [0.25, 0.3) is 49.5 Å². The first kappa shape index (κ1) is 26.5. The lowest BCUT2D eigenvalue weighted by atomic mass is 9.92. The van der Waals surface area contributed by atoms with Crippen LogP contribution in [0.2, 0.25) is 0 Å². The summed E-state index contributed by atoms with van der Waals surface area (Å²) in [6.45, 7) is 9.65. The second-order valence-corrected chi connectivity index (χ2v) is 11.4. The van der Waals surface area contributed by atoms with Gasteiger partial charge < -0.3 is 15.4 Å². The zero-order valence-corrected chi connectivity index (χ0v) is 23.8. The first-order valence-electron chi connectivity index (χ1n) is 13.7. The van der Waals surface area contributed by atoms with Gasteiger partial charge in [0.2, 0.25) is 0 Å². The van der Waals surface area contributed by atoms with Crippen molar-refractivity contribution in [1.29, 1.82) is 0 Å². The Hall–Kier alpha value is -4.75. The summed E-state index contributed by atoms with van der Waals surface area (Å²) in [5.74, 6) is -0.506. The topological polar surface area (TPSA) is 103 Å². The minimum absolute atomic E-state index is 0.00934. The summed E-state index contributed by atoms with van der Waals surface area (Å²) in [5.41, 5.74) is 11.7. The van der Waals surface area contributed by atoms with Crippen molar-refractivity contribution in [1.82, 2.24) is 14.1 Å². The Kier molecular flexibility index (Phi) is 6.08. The second kappa shape index (κ2) is 9.42. The average Bonchev–Trinajstić information content (AvgIpc) is 3.28. The quantitative estimate of drug-likeness (QED) is 0.263. The highest BCUT2D eigenvalue weighted by atomic mass is 16.3. The number of carbonyl (C=O) groups excluding carboxylic acids is 1. The Labute approximate surface area is 237 Å². The zero-order chi connectivity index (χ0) is 29.2. The van der Waals surface area contributed by atoms with Crippen molar-refractivity contribution in [2.24, 2.45) is 5.73 Å². The first-order valence-corrected chi connectivity index (χ1v) is 13.7. The summed E-state index contributed by atoms with van der Waals surface area (Å²) in [7, 11) is 0. The zero-order valence-electron chi connectivity index (χ0n) is 23.8. The molecule has 0 bridgehead atoms. The van der Waals surface area contributed by atoms with Crippen molar-refractivity contribution < 1.29 is 9.90 Å². The molecule has 7 heteroatoms. The third-order valence-electron chi connectivity index (χ3n) is 7.95. The molecular formula is C34H32N4O3. The van der Waals surface area contributed by atoms with Crippen molar-refractivity contribution in [2.45, 2.75) is 46.3 Å². The Bertz CT molecular complexity index is 2080. The van der Waals surface area contributed by atoms with E-state index in [2.05, 4.69) is 23.4 Å². The molecule has 0 saturated carbocycles. The number of nitrogens with two attached hydrogens (primary N) is 1. The maximum absolute atomic E-state index is 13.5. The summed E-state index contributed by atoms with van der Waals surface area (Å²) in [6.07, 6.45) is 1.57. The van der Waals surface area contributed by atoms with Crippen LogP contribution in [-0.4, -0.2) is 25.1 Å². The van der Waals surface area contributed by atoms with E-state index in [9.17, 15) is 14.7 Å². The number of aromatic nitrogens is 3. The molecule has 0 radical (unpaired) electrons. The number of primary amides is 1. The molecule has 0 unspecified atom stereocenters. The molecule has 2 aromatic heterocycles. The minimum atomic E-state index is -1.03. The van der Waals surface area contributed by atoms with Crippen LogP contribution in [0, 0.1) is 6.92 Å². The number of benzene rings is 4. The van der Waals surface area contributed by atoms with Crippen molar-refractivity contribution in [3.8, 4) is 16.8 Å². The summed E-state index contributed by atoms with van der Waals surface area (Å²) in [6, 6.07) is 22.8. The van der Waals surface area contributed by atoms with Gasteiger partial charge in [-0.25, -0.2) is 4.98 Å². The molecule has 1 amide bonds. The number of carbonyl (C=O) groups is 1. The molecule has 2 heterocycles. The number of para-hydroxylation sites is 1. The SMILES string of the molecule is Cc1c(-c2ccc(C(N)=O)c3c2c2ccc(C(C)(C)O)cc2n3C(C)C)cccc1-n1cnc2ccccc2c1=O. The van der Waals surface area contributed by atoms with Crippen molar-refractivity contribution in [2.75, 3.05) is 0 Å². The lowest BCUT2D eigenvalue weighted by Gasteiger charge is -2.19. The van der Waals surface area contributed by atoms with Gasteiger partial charge in [-0.2, -0.15) is 0 Å². The van der Waals surface area contributed by atoms with Crippen LogP contribution in [0.4, 0.5) is 0 Å². The number of aliphatic hydroxyl groups is 1. The molecule has 0 fully saturated rings. The van der Waals surface area contributed by atoms with Crippen molar-refractivity contribution >= 4 is 38.6 Å². The number of hydrogen-bond donors (Lipinski definition) is 2. The van der Waals surface area contributed by atoms with E-state index in [1.165, 1.54) is 0 Å². The standard InChI is InChI=1S/C34H32N4O3/c1-19(2)38-29-17-21(34(4,5)41)13-14-25(29)30-23(15-16-26(31(30)38)32(35)39)22-10-8-12-28(20(22)3)37-18-36-27-11-7-6-9-24(27)33(37)40/h6-19,41H,1-5H3,(H2,35,39). The molecule has 4 aromatic carbocycles. The molecule has 0 aliphatic heterocycles. The van der Waals surface area contributed by atoms with E-state index in [4.69, 9.17) is 5.73 Å². The van der Waals surface area contributed by atoms with Gasteiger partial charge in [-0.05, 0) is 87.2 Å². The fraction of sp³-hybridized carbons (Fsp3) is 0.206. The number of amides is 1. The Morgan fingerprint density at radius 2 is 1.71 bits per heavy atom. The molecule has 0 spiro atoms. The number of fused-ring (bicyclic) bond motifs is 4. The van der Waals surface area contributed by atoms with Gasteiger partial charge in [-0.3, -0.25) is 14.2 Å². The molecule has 0 saturated heterocycles. The third kappa shape index (κ3) is 4.12. The van der Waals surface area contributed by atoms with E-state index >= 15 is 0 Å². The van der Waals surface area contributed by atoms with E-state index in [1.807, 2.05) is 67.6 Å². The third-order valence-corrected chi connectivity index (χ3v) is 7.95. The van der Waals surface area contributed by atoms with Gasteiger partial charge in [0.25, 0.3) is 11.5 Å². The summed E-state index contributed by atoms with van der Waals surface area (Å²) >= 11 is 0. The van der Waals surface area contributed by atoms with E-state index in [1.54, 1.807) is 36.9 Å². The van der Waals surface area contributed by atoms with Crippen molar-refractivity contribution in [3.05, 3.63) is 106 Å². The maximum Gasteiger partial charge on any atom is 0.265 e. The molecule has 3 N–H and O–H groups in total. The fourth-order valence-electron chi connectivity index (χ4n) is 5.93. The van der Waals surface area contributed by atoms with E-state index in [0.717, 1.165) is 49.7 Å². The van der Waals surface area contributed by atoms with E-state index in [-0.39, 0.29) is 11.6 Å². The Morgan fingerprint density at radius 3 is 2.41 bits per heavy atom. The molecule has 0 atom stereocenters. The highest BCUT2D eigenvalue weighted by Gasteiger charge is 2.25. The van der Waals surface area contributed by atoms with Gasteiger partial charge in [-0.1, -0.05) is 42.5 Å². The van der Waals surface area contributed by atoms with Crippen LogP contribution < -0.4 is 11.3 Å².